The number of fused-ring (bicyclic) bond motifs is 1. The van der Waals surface area contributed by atoms with Crippen LogP contribution in [-0.2, 0) is 16.1 Å². The van der Waals surface area contributed by atoms with Gasteiger partial charge < -0.3 is 26.2 Å². The van der Waals surface area contributed by atoms with Gasteiger partial charge in [0, 0.05) is 34.5 Å². The van der Waals surface area contributed by atoms with Crippen LogP contribution < -0.4 is 11.1 Å². The van der Waals surface area contributed by atoms with Gasteiger partial charge in [-0.05, 0) is 13.3 Å². The van der Waals surface area contributed by atoms with Crippen molar-refractivity contribution in [3.8, 4) is 0 Å². The zero-order chi connectivity index (χ0) is 20.2. The van der Waals surface area contributed by atoms with E-state index in [0.717, 1.165) is 28.6 Å². The Labute approximate surface area is 171 Å². The molecule has 0 radical (unpaired) electrons. The van der Waals surface area contributed by atoms with Gasteiger partial charge >= 0.3 is 5.97 Å². The van der Waals surface area contributed by atoms with Crippen molar-refractivity contribution in [2.24, 2.45) is 17.6 Å². The molecule has 0 unspecified atom stereocenters. The Kier molecular flexibility index (Phi) is 5.25. The predicted octanol–water partition coefficient (Wildman–Crippen LogP) is 0.892. The number of carbonyl (C=O) groups is 2. The topological polar surface area (TPSA) is 129 Å². The molecule has 152 valence electrons. The fourth-order valence-corrected chi connectivity index (χ4v) is 6.66. The van der Waals surface area contributed by atoms with E-state index in [2.05, 4.69) is 10.3 Å². The van der Waals surface area contributed by atoms with Crippen molar-refractivity contribution < 1.29 is 19.8 Å². The first kappa shape index (κ1) is 19.8. The van der Waals surface area contributed by atoms with Crippen molar-refractivity contribution in [3.63, 3.8) is 0 Å². The van der Waals surface area contributed by atoms with E-state index in [1.807, 2.05) is 12.3 Å². The number of hydrogen-bond acceptors (Lipinski definition) is 8. The summed E-state index contributed by atoms with van der Waals surface area (Å²) in [5, 5.41) is 26.3. The lowest BCUT2D eigenvalue weighted by Gasteiger charge is -2.46. The number of aliphatic hydroxyl groups is 1. The Balaban J connectivity index is 1.51. The van der Waals surface area contributed by atoms with Crippen LogP contribution in [0.15, 0.2) is 16.0 Å². The Bertz CT molecular complexity index is 839. The van der Waals surface area contributed by atoms with Crippen LogP contribution >= 0.6 is 23.1 Å². The lowest BCUT2D eigenvalue weighted by Crippen LogP contribution is -2.63. The number of carboxylic acids is 1. The molecule has 28 heavy (non-hydrogen) atoms. The summed E-state index contributed by atoms with van der Waals surface area (Å²) in [6.07, 6.45) is 0.0505. The number of thioether (sulfide) groups is 1. The molecule has 1 amide bonds. The van der Waals surface area contributed by atoms with Gasteiger partial charge in [0.15, 0.2) is 0 Å². The van der Waals surface area contributed by atoms with Gasteiger partial charge in [-0.25, -0.2) is 9.78 Å². The minimum absolute atomic E-state index is 0.0897. The zero-order valence-electron chi connectivity index (χ0n) is 15.7. The van der Waals surface area contributed by atoms with Gasteiger partial charge in [-0.1, -0.05) is 6.92 Å². The third kappa shape index (κ3) is 3.07. The summed E-state index contributed by atoms with van der Waals surface area (Å²) in [7, 11) is 0. The maximum absolute atomic E-state index is 12.4. The van der Waals surface area contributed by atoms with Gasteiger partial charge in [0.2, 0.25) is 5.91 Å². The van der Waals surface area contributed by atoms with E-state index in [4.69, 9.17) is 5.73 Å². The first-order chi connectivity index (χ1) is 13.3. The van der Waals surface area contributed by atoms with Crippen molar-refractivity contribution >= 4 is 35.0 Å². The van der Waals surface area contributed by atoms with E-state index in [0.29, 0.717) is 6.54 Å². The van der Waals surface area contributed by atoms with E-state index < -0.39 is 18.0 Å². The Morgan fingerprint density at radius 2 is 2.32 bits per heavy atom. The first-order valence-corrected chi connectivity index (χ1v) is 11.1. The summed E-state index contributed by atoms with van der Waals surface area (Å²) in [6, 6.07) is -0.138. The third-order valence-electron chi connectivity index (χ3n) is 5.80. The van der Waals surface area contributed by atoms with Crippen LogP contribution in [0.25, 0.3) is 0 Å². The average molecular weight is 425 g/mol. The highest BCUT2D eigenvalue weighted by molar-refractivity contribution is 8.03. The molecule has 2 fully saturated rings. The van der Waals surface area contributed by atoms with Crippen LogP contribution in [0.4, 0.5) is 0 Å². The quantitative estimate of drug-likeness (QED) is 0.496. The molecule has 3 aliphatic rings. The number of rotatable bonds is 6. The number of amides is 1. The standard InChI is InChI=1S/C18H24N4O4S2/c1-7-14-13(8(2)23)17(24)22(14)15(18(25)26)16(7)28-9-3-10(20-5-9)11-6-27-12(4-19)21-11/h6-10,13-14,20,23H,3-5,19H2,1-2H3,(H,25,26)/t7-,8-,9+,10+,13-,14-/m1/s1. The number of nitrogens with two attached hydrogens (primary N) is 1. The molecule has 0 saturated carbocycles. The smallest absolute Gasteiger partial charge is 0.353 e. The number of carbonyl (C=O) groups excluding carboxylic acids is 1. The molecule has 6 atom stereocenters. The maximum Gasteiger partial charge on any atom is 0.353 e. The maximum atomic E-state index is 12.4. The molecule has 0 aromatic carbocycles. The van der Waals surface area contributed by atoms with Crippen LogP contribution in [0.5, 0.6) is 0 Å². The van der Waals surface area contributed by atoms with Crippen molar-refractivity contribution in [1.82, 2.24) is 15.2 Å². The van der Waals surface area contributed by atoms with E-state index >= 15 is 0 Å². The molecule has 5 N–H and O–H groups in total. The molecule has 2 saturated heterocycles. The van der Waals surface area contributed by atoms with Crippen molar-refractivity contribution in [2.45, 2.75) is 50.3 Å². The molecule has 0 spiro atoms. The van der Waals surface area contributed by atoms with Crippen LogP contribution in [0.3, 0.4) is 0 Å². The molecule has 1 aromatic rings. The second-order valence-electron chi connectivity index (χ2n) is 7.58. The molecule has 4 rings (SSSR count). The Hall–Kier alpha value is -1.46. The highest BCUT2D eigenvalue weighted by Crippen LogP contribution is 2.52. The normalized spacial score (nSPS) is 33.2. The Morgan fingerprint density at radius 3 is 2.93 bits per heavy atom. The van der Waals surface area contributed by atoms with Crippen LogP contribution in [0.1, 0.15) is 37.0 Å². The molecule has 1 aromatic heterocycles. The minimum Gasteiger partial charge on any atom is -0.477 e. The zero-order valence-corrected chi connectivity index (χ0v) is 17.3. The SMILES string of the molecule is C[C@@H](O)[C@H]1C(=O)N2C(C(=O)O)=C(S[C@@H]3CN[C@H](c4csc(CN)n4)C3)[C@H](C)[C@H]12. The number of hydrogen-bond donors (Lipinski definition) is 4. The number of carboxylic acid groups (broad SMARTS) is 1. The summed E-state index contributed by atoms with van der Waals surface area (Å²) < 4.78 is 0. The molecule has 8 nitrogen and oxygen atoms in total. The van der Waals surface area contributed by atoms with Crippen molar-refractivity contribution in [3.05, 3.63) is 26.7 Å². The molecule has 10 heteroatoms. The fourth-order valence-electron chi connectivity index (χ4n) is 4.46. The highest BCUT2D eigenvalue weighted by atomic mass is 32.2. The number of aliphatic carboxylic acids is 1. The van der Waals surface area contributed by atoms with Gasteiger partial charge in [-0.3, -0.25) is 4.79 Å². The van der Waals surface area contributed by atoms with E-state index in [1.165, 1.54) is 4.90 Å². The second kappa shape index (κ2) is 7.42. The third-order valence-corrected chi connectivity index (χ3v) is 8.20. The molecular weight excluding hydrogens is 400 g/mol. The highest BCUT2D eigenvalue weighted by Gasteiger charge is 2.60. The van der Waals surface area contributed by atoms with Crippen molar-refractivity contribution in [2.75, 3.05) is 6.54 Å². The lowest BCUT2D eigenvalue weighted by molar-refractivity contribution is -0.163. The number of β-lactam (4-membered cyclic amide) rings is 1. The minimum atomic E-state index is -1.08. The molecule has 0 bridgehead atoms. The predicted molar refractivity (Wildman–Crippen MR) is 106 cm³/mol. The second-order valence-corrected chi connectivity index (χ2v) is 9.86. The van der Waals surface area contributed by atoms with E-state index in [-0.39, 0.29) is 34.9 Å². The van der Waals surface area contributed by atoms with E-state index in [9.17, 15) is 19.8 Å². The van der Waals surface area contributed by atoms with Gasteiger partial charge in [0.1, 0.15) is 10.7 Å². The van der Waals surface area contributed by atoms with Gasteiger partial charge in [0.25, 0.3) is 0 Å². The molecule has 3 aliphatic heterocycles. The number of nitrogens with one attached hydrogen (secondary N) is 1. The summed E-state index contributed by atoms with van der Waals surface area (Å²) in [4.78, 5) is 31.0. The van der Waals surface area contributed by atoms with Crippen LogP contribution in [-0.4, -0.2) is 55.9 Å². The monoisotopic (exact) mass is 424 g/mol. The number of thiazole rings is 1. The summed E-state index contributed by atoms with van der Waals surface area (Å²) in [5.41, 5.74) is 6.71. The Morgan fingerprint density at radius 1 is 1.57 bits per heavy atom. The van der Waals surface area contributed by atoms with Gasteiger partial charge in [-0.2, -0.15) is 0 Å². The molecular formula is C18H24N4O4S2. The summed E-state index contributed by atoms with van der Waals surface area (Å²) in [5.74, 6) is -2.00. The van der Waals surface area contributed by atoms with Crippen LogP contribution in [0, 0.1) is 11.8 Å². The van der Waals surface area contributed by atoms with E-state index in [1.54, 1.807) is 30.0 Å². The number of nitrogens with zero attached hydrogens (tertiary/aromatic N) is 2. The van der Waals surface area contributed by atoms with Gasteiger partial charge in [-0.15, -0.1) is 23.1 Å². The van der Waals surface area contributed by atoms with Gasteiger partial charge in [0.05, 0.1) is 29.8 Å². The van der Waals surface area contributed by atoms with Crippen LogP contribution in [0.2, 0.25) is 0 Å². The largest absolute Gasteiger partial charge is 0.477 e. The first-order valence-electron chi connectivity index (χ1n) is 9.36. The summed E-state index contributed by atoms with van der Waals surface area (Å²) in [6.45, 7) is 4.71. The number of aliphatic hydroxyl groups excluding tert-OH is 1. The van der Waals surface area contributed by atoms with Crippen molar-refractivity contribution in [1.29, 1.82) is 0 Å². The average Bonchev–Trinajstić information content (AvgIpc) is 3.33. The number of aromatic nitrogens is 1. The molecule has 0 aliphatic carbocycles. The fraction of sp³-hybridized carbons (Fsp3) is 0.611. The molecule has 4 heterocycles. The lowest BCUT2D eigenvalue weighted by atomic mass is 9.79. The summed E-state index contributed by atoms with van der Waals surface area (Å²) >= 11 is 3.09.